The lowest BCUT2D eigenvalue weighted by molar-refractivity contribution is -0.205. The van der Waals surface area contributed by atoms with Gasteiger partial charge in [-0.1, -0.05) is 18.1 Å². The van der Waals surface area contributed by atoms with E-state index < -0.39 is 49.0 Å². The summed E-state index contributed by atoms with van der Waals surface area (Å²) in [6.45, 7) is -1.48. The zero-order valence-corrected chi connectivity index (χ0v) is 18.6. The van der Waals surface area contributed by atoms with E-state index in [9.17, 15) is 19.6 Å². The van der Waals surface area contributed by atoms with Crippen molar-refractivity contribution in [3.8, 4) is 23.8 Å². The molecule has 1 aromatic heterocycles. The van der Waals surface area contributed by atoms with Crippen molar-refractivity contribution in [1.82, 2.24) is 9.55 Å². The summed E-state index contributed by atoms with van der Waals surface area (Å²) in [5.41, 5.74) is -0.547. The van der Waals surface area contributed by atoms with Crippen LogP contribution in [0.1, 0.15) is 18.7 Å². The van der Waals surface area contributed by atoms with Crippen LogP contribution in [0, 0.1) is 17.1 Å². The molecule has 2 aliphatic heterocycles. The van der Waals surface area contributed by atoms with Gasteiger partial charge in [0, 0.05) is 11.8 Å². The SMILES string of the molecule is [2H][C@@]1(n2cc(C#C)c(=O)[nH]c2=S)O[C@](F)(COP2(=O)OCc3cccc(OC)c3O2)[C@@H](O)[C@H]1O. The number of aliphatic hydroxyl groups excluding tert-OH is 2. The van der Waals surface area contributed by atoms with Gasteiger partial charge in [-0.05, 0) is 18.3 Å². The van der Waals surface area contributed by atoms with Crippen LogP contribution in [0.15, 0.2) is 29.2 Å². The van der Waals surface area contributed by atoms with Crippen molar-refractivity contribution < 1.29 is 43.6 Å². The maximum atomic E-state index is 15.6. The summed E-state index contributed by atoms with van der Waals surface area (Å²) >= 11 is 4.96. The summed E-state index contributed by atoms with van der Waals surface area (Å²) in [5.74, 6) is -0.925. The number of ether oxygens (including phenoxy) is 2. The van der Waals surface area contributed by atoms with E-state index in [1.54, 1.807) is 12.1 Å². The Kier molecular flexibility index (Phi) is 5.84. The van der Waals surface area contributed by atoms with Crippen molar-refractivity contribution in [2.24, 2.45) is 0 Å². The third-order valence-electron chi connectivity index (χ3n) is 4.88. The Morgan fingerprint density at radius 1 is 1.55 bits per heavy atom. The number of para-hydroxylation sites is 1. The highest BCUT2D eigenvalue weighted by atomic mass is 32.1. The average molecular weight is 501 g/mol. The van der Waals surface area contributed by atoms with Gasteiger partial charge in [0.05, 0.1) is 15.1 Å². The van der Waals surface area contributed by atoms with Crippen LogP contribution in [0.3, 0.4) is 0 Å². The monoisotopic (exact) mass is 501 g/mol. The highest BCUT2D eigenvalue weighted by Gasteiger charge is 2.57. The number of benzene rings is 1. The summed E-state index contributed by atoms with van der Waals surface area (Å²) in [6.07, 6.45) is -1.25. The van der Waals surface area contributed by atoms with Crippen molar-refractivity contribution in [3.05, 3.63) is 50.6 Å². The molecule has 0 aliphatic carbocycles. The fourth-order valence-electron chi connectivity index (χ4n) is 3.17. The molecule has 1 fully saturated rings. The number of nitrogens with zero attached hydrogens (tertiary/aromatic N) is 1. The fourth-order valence-corrected chi connectivity index (χ4v) is 4.64. The van der Waals surface area contributed by atoms with Gasteiger partial charge in [-0.15, -0.1) is 6.42 Å². The summed E-state index contributed by atoms with van der Waals surface area (Å²) < 4.78 is 62.9. The van der Waals surface area contributed by atoms with Crippen LogP contribution < -0.4 is 14.8 Å². The second-order valence-electron chi connectivity index (χ2n) is 6.97. The van der Waals surface area contributed by atoms with Crippen molar-refractivity contribution in [1.29, 1.82) is 0 Å². The number of hydrogen-bond acceptors (Lipinski definition) is 10. The summed E-state index contributed by atoms with van der Waals surface area (Å²) in [5, 5.41) is 20.8. The van der Waals surface area contributed by atoms with E-state index in [4.69, 9.17) is 43.1 Å². The normalized spacial score (nSPS) is 33.5. The third kappa shape index (κ3) is 4.22. The number of terminal acetylenes is 1. The smallest absolute Gasteiger partial charge is 0.493 e. The molecule has 1 aromatic carbocycles. The Labute approximate surface area is 192 Å². The van der Waals surface area contributed by atoms with Crippen LogP contribution in [-0.2, 0) is 25.0 Å². The first-order chi connectivity index (χ1) is 16.0. The van der Waals surface area contributed by atoms with Crippen LogP contribution in [0.4, 0.5) is 4.39 Å². The molecule has 2 aromatic rings. The average Bonchev–Trinajstić information content (AvgIpc) is 2.98. The number of methoxy groups -OCH3 is 1. The molecule has 33 heavy (non-hydrogen) atoms. The summed E-state index contributed by atoms with van der Waals surface area (Å²) in [6, 6.07) is 4.83. The minimum absolute atomic E-state index is 0.0663. The van der Waals surface area contributed by atoms with Crippen molar-refractivity contribution in [2.45, 2.75) is 30.9 Å². The highest BCUT2D eigenvalue weighted by molar-refractivity contribution is 7.71. The van der Waals surface area contributed by atoms with Gasteiger partial charge in [0.25, 0.3) is 11.4 Å². The van der Waals surface area contributed by atoms with Gasteiger partial charge in [-0.25, -0.2) is 8.96 Å². The molecular formula is C19H18FN2O9PS. The molecular weight excluding hydrogens is 482 g/mol. The second-order valence-corrected chi connectivity index (χ2v) is 8.95. The van der Waals surface area contributed by atoms with E-state index in [0.717, 1.165) is 6.20 Å². The van der Waals surface area contributed by atoms with Gasteiger partial charge in [-0.2, -0.15) is 0 Å². The summed E-state index contributed by atoms with van der Waals surface area (Å²) in [7, 11) is -3.06. The number of H-pyrrole nitrogens is 1. The number of aromatic nitrogens is 2. The van der Waals surface area contributed by atoms with Crippen LogP contribution in [0.2, 0.25) is 0 Å². The Bertz CT molecular complexity index is 1330. The molecule has 1 unspecified atom stereocenters. The van der Waals surface area contributed by atoms with E-state index in [1.165, 1.54) is 13.2 Å². The number of phosphoric ester groups is 1. The second kappa shape index (κ2) is 8.66. The molecule has 2 aliphatic rings. The number of phosphoric acid groups is 1. The molecule has 0 amide bonds. The third-order valence-corrected chi connectivity index (χ3v) is 6.48. The first-order valence-corrected chi connectivity index (χ1v) is 11.2. The Morgan fingerprint density at radius 2 is 2.30 bits per heavy atom. The predicted molar refractivity (Wildman–Crippen MR) is 112 cm³/mol. The predicted octanol–water partition coefficient (Wildman–Crippen LogP) is 1.55. The van der Waals surface area contributed by atoms with E-state index >= 15 is 4.39 Å². The molecule has 3 N–H and O–H groups in total. The standard InChI is InChI=1S/C19H18FN2O9PS/c1-3-10-7-22(18(33)21-16(10)25)17-13(23)15(24)19(20,30-17)9-29-32(26)28-8-11-5-4-6-12(27-2)14(11)31-32/h1,4-7,13,15,17,23-24H,8-9H2,2H3,(H,21,25,33)/t13-,15+,17-,19-,32?/m1/s1/i17D. The molecule has 3 heterocycles. The molecule has 14 heteroatoms. The maximum Gasteiger partial charge on any atom is 0.530 e. The van der Waals surface area contributed by atoms with E-state index in [0.29, 0.717) is 10.1 Å². The van der Waals surface area contributed by atoms with E-state index in [2.05, 4.69) is 4.98 Å². The molecule has 11 nitrogen and oxygen atoms in total. The number of fused-ring (bicyclic) bond motifs is 1. The Morgan fingerprint density at radius 3 is 3.00 bits per heavy atom. The first kappa shape index (κ1) is 22.2. The number of aliphatic hydroxyl groups is 2. The largest absolute Gasteiger partial charge is 0.530 e. The van der Waals surface area contributed by atoms with Crippen LogP contribution in [0.5, 0.6) is 11.5 Å². The fraction of sp³-hybridized carbons (Fsp3) is 0.368. The number of halogens is 1. The molecule has 4 rings (SSSR count). The molecule has 0 saturated carbocycles. The van der Waals surface area contributed by atoms with Gasteiger partial charge in [0.15, 0.2) is 22.5 Å². The minimum atomic E-state index is -4.43. The van der Waals surface area contributed by atoms with Crippen LogP contribution in [-0.4, -0.2) is 51.5 Å². The Hall–Kier alpha value is -2.56. The van der Waals surface area contributed by atoms with Gasteiger partial charge < -0.3 is 24.2 Å². The number of hydrogen-bond donors (Lipinski definition) is 3. The molecule has 0 bridgehead atoms. The van der Waals surface area contributed by atoms with E-state index in [1.807, 2.05) is 5.92 Å². The molecule has 5 atom stereocenters. The van der Waals surface area contributed by atoms with Gasteiger partial charge in [-0.3, -0.25) is 23.4 Å². The van der Waals surface area contributed by atoms with E-state index in [-0.39, 0.29) is 23.7 Å². The lowest BCUT2D eigenvalue weighted by Crippen LogP contribution is -2.43. The highest BCUT2D eigenvalue weighted by Crippen LogP contribution is 2.57. The van der Waals surface area contributed by atoms with Gasteiger partial charge >= 0.3 is 7.82 Å². The zero-order valence-electron chi connectivity index (χ0n) is 17.9. The van der Waals surface area contributed by atoms with Crippen LogP contribution >= 0.6 is 20.0 Å². The Balaban J connectivity index is 1.59. The number of rotatable bonds is 5. The zero-order chi connectivity index (χ0) is 24.9. The molecule has 176 valence electrons. The number of alkyl halides is 1. The lowest BCUT2D eigenvalue weighted by atomic mass is 10.1. The lowest BCUT2D eigenvalue weighted by Gasteiger charge is -2.29. The molecule has 0 spiro atoms. The maximum absolute atomic E-state index is 15.6. The van der Waals surface area contributed by atoms with Gasteiger partial charge in [0.2, 0.25) is 0 Å². The quantitative estimate of drug-likeness (QED) is 0.314. The first-order valence-electron chi connectivity index (χ1n) is 9.79. The summed E-state index contributed by atoms with van der Waals surface area (Å²) in [4.78, 5) is 14.0. The van der Waals surface area contributed by atoms with Crippen LogP contribution in [0.25, 0.3) is 0 Å². The van der Waals surface area contributed by atoms with Gasteiger partial charge in [0.1, 0.15) is 24.4 Å². The topological polar surface area (TPSA) is 141 Å². The molecule has 0 radical (unpaired) electrons. The number of aromatic amines is 1. The van der Waals surface area contributed by atoms with Crippen molar-refractivity contribution >= 4 is 20.0 Å². The number of nitrogens with one attached hydrogen (secondary N) is 1. The van der Waals surface area contributed by atoms with Crippen molar-refractivity contribution in [2.75, 3.05) is 13.7 Å². The minimum Gasteiger partial charge on any atom is -0.493 e. The van der Waals surface area contributed by atoms with Crippen molar-refractivity contribution in [3.63, 3.8) is 0 Å². The molecule has 1 saturated heterocycles.